The molecule has 0 aromatic heterocycles. The van der Waals surface area contributed by atoms with E-state index in [1.165, 1.54) is 5.56 Å². The van der Waals surface area contributed by atoms with Gasteiger partial charge in [0.15, 0.2) is 0 Å². The number of hydrogen-bond donors (Lipinski definition) is 1. The average Bonchev–Trinajstić information content (AvgIpc) is 2.92. The molecule has 1 aliphatic rings. The lowest BCUT2D eigenvalue weighted by Gasteiger charge is -2.21. The van der Waals surface area contributed by atoms with E-state index in [4.69, 9.17) is 16.3 Å². The Kier molecular flexibility index (Phi) is 4.60. The maximum absolute atomic E-state index is 6.47. The van der Waals surface area contributed by atoms with Crippen LogP contribution in [0.2, 0.25) is 5.02 Å². The van der Waals surface area contributed by atoms with Crippen LogP contribution in [-0.2, 0) is 6.42 Å². The molecule has 0 fully saturated rings. The van der Waals surface area contributed by atoms with Crippen molar-refractivity contribution in [2.75, 3.05) is 13.7 Å². The zero-order valence-corrected chi connectivity index (χ0v) is 15.3. The van der Waals surface area contributed by atoms with Gasteiger partial charge in [0.25, 0.3) is 0 Å². The van der Waals surface area contributed by atoms with Gasteiger partial charge < -0.3 is 10.1 Å². The van der Waals surface area contributed by atoms with Gasteiger partial charge in [0.1, 0.15) is 5.75 Å². The highest BCUT2D eigenvalue weighted by molar-refractivity contribution is 9.10. The van der Waals surface area contributed by atoms with Gasteiger partial charge >= 0.3 is 0 Å². The fourth-order valence-electron chi connectivity index (χ4n) is 2.73. The van der Waals surface area contributed by atoms with Crippen LogP contribution in [0.3, 0.4) is 0 Å². The smallest absolute Gasteiger partial charge is 0.127 e. The van der Waals surface area contributed by atoms with Gasteiger partial charge in [-0.05, 0) is 52.3 Å². The molecule has 1 heterocycles. The normalized spacial score (nSPS) is 14.7. The predicted octanol–water partition coefficient (Wildman–Crippen LogP) is 5.11. The molecule has 0 bridgehead atoms. The van der Waals surface area contributed by atoms with Crippen molar-refractivity contribution in [1.29, 1.82) is 0 Å². The summed E-state index contributed by atoms with van der Waals surface area (Å²) >= 11 is 13.6. The molecule has 1 N–H and O–H groups in total. The summed E-state index contributed by atoms with van der Waals surface area (Å²) in [7, 11) is 1.93. The van der Waals surface area contributed by atoms with Crippen LogP contribution in [0, 0.1) is 0 Å². The molecule has 0 aliphatic carbocycles. The molecular formula is C16H14Br2ClNO. The number of hydrogen-bond acceptors (Lipinski definition) is 2. The zero-order valence-electron chi connectivity index (χ0n) is 11.4. The number of benzene rings is 2. The summed E-state index contributed by atoms with van der Waals surface area (Å²) in [5.74, 6) is 0.980. The number of ether oxygens (including phenoxy) is 1. The first kappa shape index (κ1) is 15.3. The van der Waals surface area contributed by atoms with E-state index < -0.39 is 0 Å². The number of fused-ring (bicyclic) bond motifs is 1. The number of rotatable bonds is 3. The lowest BCUT2D eigenvalue weighted by atomic mass is 9.96. The van der Waals surface area contributed by atoms with Gasteiger partial charge in [-0.15, -0.1) is 0 Å². The standard InChI is InChI=1S/C16H14Br2ClNO/c1-20-15(11-3-2-4-13(18)14(11)19)12-8-10(17)7-9-5-6-21-16(9)12/h2-4,7-8,15,20H,5-6H2,1H3. The Bertz CT molecular complexity index is 690. The predicted molar refractivity (Wildman–Crippen MR) is 93.4 cm³/mol. The Morgan fingerprint density at radius 3 is 2.81 bits per heavy atom. The van der Waals surface area contributed by atoms with Crippen LogP contribution >= 0.6 is 43.5 Å². The summed E-state index contributed by atoms with van der Waals surface area (Å²) in [6, 6.07) is 10.2. The molecular weight excluding hydrogens is 417 g/mol. The van der Waals surface area contributed by atoms with Gasteiger partial charge in [-0.2, -0.15) is 0 Å². The molecule has 0 radical (unpaired) electrons. The molecule has 0 saturated heterocycles. The lowest BCUT2D eigenvalue weighted by molar-refractivity contribution is 0.351. The first-order valence-corrected chi connectivity index (χ1v) is 8.64. The third-order valence-electron chi connectivity index (χ3n) is 3.67. The molecule has 110 valence electrons. The summed E-state index contributed by atoms with van der Waals surface area (Å²) in [6.45, 7) is 0.738. The van der Waals surface area contributed by atoms with Crippen molar-refractivity contribution < 1.29 is 4.74 Å². The molecule has 0 spiro atoms. The van der Waals surface area contributed by atoms with E-state index in [0.717, 1.165) is 43.9 Å². The van der Waals surface area contributed by atoms with E-state index in [9.17, 15) is 0 Å². The minimum Gasteiger partial charge on any atom is -0.493 e. The van der Waals surface area contributed by atoms with Crippen molar-refractivity contribution in [2.45, 2.75) is 12.5 Å². The highest BCUT2D eigenvalue weighted by atomic mass is 79.9. The van der Waals surface area contributed by atoms with Gasteiger partial charge in [0.2, 0.25) is 0 Å². The Labute approximate surface area is 146 Å². The van der Waals surface area contributed by atoms with E-state index in [1.807, 2.05) is 25.2 Å². The zero-order chi connectivity index (χ0) is 15.0. The largest absolute Gasteiger partial charge is 0.493 e. The van der Waals surface area contributed by atoms with E-state index in [1.54, 1.807) is 0 Å². The maximum Gasteiger partial charge on any atom is 0.127 e. The minimum absolute atomic E-state index is 0.0145. The van der Waals surface area contributed by atoms with Crippen molar-refractivity contribution in [3.63, 3.8) is 0 Å². The van der Waals surface area contributed by atoms with Crippen LogP contribution in [0.5, 0.6) is 5.75 Å². The van der Waals surface area contributed by atoms with Crippen molar-refractivity contribution in [3.05, 3.63) is 61.0 Å². The van der Waals surface area contributed by atoms with Crippen molar-refractivity contribution in [2.24, 2.45) is 0 Å². The quantitative estimate of drug-likeness (QED) is 0.729. The third kappa shape index (κ3) is 2.87. The first-order valence-electron chi connectivity index (χ1n) is 6.68. The van der Waals surface area contributed by atoms with Gasteiger partial charge in [-0.3, -0.25) is 0 Å². The number of nitrogens with one attached hydrogen (secondary N) is 1. The van der Waals surface area contributed by atoms with Crippen LogP contribution in [0.15, 0.2) is 39.3 Å². The summed E-state index contributed by atoms with van der Waals surface area (Å²) in [4.78, 5) is 0. The van der Waals surface area contributed by atoms with Crippen molar-refractivity contribution >= 4 is 43.5 Å². The molecule has 5 heteroatoms. The Balaban J connectivity index is 2.15. The molecule has 2 aromatic carbocycles. The molecule has 21 heavy (non-hydrogen) atoms. The summed E-state index contributed by atoms with van der Waals surface area (Å²) in [5.41, 5.74) is 3.38. The first-order chi connectivity index (χ1) is 10.1. The number of halogens is 3. The molecule has 1 atom stereocenters. The monoisotopic (exact) mass is 429 g/mol. The van der Waals surface area contributed by atoms with Crippen LogP contribution in [-0.4, -0.2) is 13.7 Å². The molecule has 2 aromatic rings. The SMILES string of the molecule is CNC(c1cccc(Br)c1Cl)c1cc(Br)cc2c1OCC2. The third-order valence-corrected chi connectivity index (χ3v) is 5.44. The minimum atomic E-state index is -0.0145. The maximum atomic E-state index is 6.47. The van der Waals surface area contributed by atoms with Gasteiger partial charge in [0, 0.05) is 20.9 Å². The lowest BCUT2D eigenvalue weighted by Crippen LogP contribution is -2.19. The average molecular weight is 432 g/mol. The highest BCUT2D eigenvalue weighted by Gasteiger charge is 2.25. The molecule has 1 unspecified atom stereocenters. The Morgan fingerprint density at radius 2 is 2.05 bits per heavy atom. The van der Waals surface area contributed by atoms with Gasteiger partial charge in [-0.1, -0.05) is 39.7 Å². The Hall–Kier alpha value is -0.550. The van der Waals surface area contributed by atoms with E-state index in [0.29, 0.717) is 0 Å². The fraction of sp³-hybridized carbons (Fsp3) is 0.250. The second kappa shape index (κ2) is 6.29. The fourth-order valence-corrected chi connectivity index (χ4v) is 3.87. The van der Waals surface area contributed by atoms with Crippen molar-refractivity contribution in [1.82, 2.24) is 5.32 Å². The second-order valence-electron chi connectivity index (χ2n) is 4.95. The molecule has 1 aliphatic heterocycles. The van der Waals surface area contributed by atoms with Crippen LogP contribution < -0.4 is 10.1 Å². The molecule has 2 nitrogen and oxygen atoms in total. The summed E-state index contributed by atoms with van der Waals surface area (Å²) in [6.07, 6.45) is 0.949. The van der Waals surface area contributed by atoms with Crippen LogP contribution in [0.1, 0.15) is 22.7 Å². The Morgan fingerprint density at radius 1 is 1.24 bits per heavy atom. The summed E-state index contributed by atoms with van der Waals surface area (Å²) < 4.78 is 7.80. The molecule has 0 amide bonds. The van der Waals surface area contributed by atoms with E-state index >= 15 is 0 Å². The summed E-state index contributed by atoms with van der Waals surface area (Å²) in [5, 5.41) is 4.08. The van der Waals surface area contributed by atoms with E-state index in [2.05, 4.69) is 49.3 Å². The second-order valence-corrected chi connectivity index (χ2v) is 7.09. The van der Waals surface area contributed by atoms with Crippen LogP contribution in [0.25, 0.3) is 0 Å². The van der Waals surface area contributed by atoms with Gasteiger partial charge in [0.05, 0.1) is 17.7 Å². The topological polar surface area (TPSA) is 21.3 Å². The highest BCUT2D eigenvalue weighted by Crippen LogP contribution is 2.41. The molecule has 3 rings (SSSR count). The van der Waals surface area contributed by atoms with Crippen molar-refractivity contribution in [3.8, 4) is 5.75 Å². The van der Waals surface area contributed by atoms with Crippen LogP contribution in [0.4, 0.5) is 0 Å². The molecule has 0 saturated carbocycles. The van der Waals surface area contributed by atoms with E-state index in [-0.39, 0.29) is 6.04 Å². The van der Waals surface area contributed by atoms with Gasteiger partial charge in [-0.25, -0.2) is 0 Å².